The molecular formula is C10H15N3S. The molecule has 0 amide bonds. The Kier molecular flexibility index (Phi) is 3.90. The Morgan fingerprint density at radius 3 is 2.93 bits per heavy atom. The summed E-state index contributed by atoms with van der Waals surface area (Å²) in [6.07, 6.45) is 1.15. The molecule has 0 aromatic carbocycles. The number of hydrogen-bond donors (Lipinski definition) is 1. The second-order valence-electron chi connectivity index (χ2n) is 3.48. The summed E-state index contributed by atoms with van der Waals surface area (Å²) in [5, 5.41) is 13.1. The molecule has 0 spiro atoms. The Bertz CT molecular complexity index is 338. The third-order valence-corrected chi connectivity index (χ3v) is 3.18. The highest BCUT2D eigenvalue weighted by Gasteiger charge is 2.09. The van der Waals surface area contributed by atoms with Crippen molar-refractivity contribution in [3.05, 3.63) is 11.3 Å². The van der Waals surface area contributed by atoms with Crippen molar-refractivity contribution in [2.45, 2.75) is 27.2 Å². The van der Waals surface area contributed by atoms with E-state index in [4.69, 9.17) is 5.26 Å². The minimum atomic E-state index is 0.629. The molecule has 0 saturated heterocycles. The number of aryl methyl sites for hydroxylation is 1. The molecule has 0 aliphatic rings. The van der Waals surface area contributed by atoms with Crippen molar-refractivity contribution in [1.82, 2.24) is 4.37 Å². The maximum atomic E-state index is 8.89. The van der Waals surface area contributed by atoms with E-state index in [1.165, 1.54) is 11.5 Å². The third kappa shape index (κ3) is 2.46. The molecule has 0 aliphatic heterocycles. The van der Waals surface area contributed by atoms with Crippen LogP contribution in [0.25, 0.3) is 0 Å². The minimum absolute atomic E-state index is 0.629. The number of nitrogens with zero attached hydrogens (tertiary/aromatic N) is 2. The highest BCUT2D eigenvalue weighted by atomic mass is 32.1. The summed E-state index contributed by atoms with van der Waals surface area (Å²) in [5.74, 6) is 0.629. The highest BCUT2D eigenvalue weighted by Crippen LogP contribution is 2.23. The summed E-state index contributed by atoms with van der Waals surface area (Å²) in [6, 6.07) is 2.17. The Morgan fingerprint density at radius 2 is 2.36 bits per heavy atom. The summed E-state index contributed by atoms with van der Waals surface area (Å²) in [6.45, 7) is 7.12. The lowest BCUT2D eigenvalue weighted by Gasteiger charge is -2.09. The molecule has 4 heteroatoms. The molecule has 0 saturated carbocycles. The van der Waals surface area contributed by atoms with E-state index in [1.54, 1.807) is 0 Å². The summed E-state index contributed by atoms with van der Waals surface area (Å²) < 4.78 is 4.15. The van der Waals surface area contributed by atoms with Gasteiger partial charge in [0.05, 0.1) is 5.69 Å². The van der Waals surface area contributed by atoms with Crippen molar-refractivity contribution < 1.29 is 0 Å². The fraction of sp³-hybridized carbons (Fsp3) is 0.600. The first-order valence-corrected chi connectivity index (χ1v) is 5.56. The van der Waals surface area contributed by atoms with Gasteiger partial charge in [0.2, 0.25) is 0 Å². The van der Waals surface area contributed by atoms with Gasteiger partial charge in [-0.2, -0.15) is 9.64 Å². The molecule has 0 bridgehead atoms. The molecule has 76 valence electrons. The quantitative estimate of drug-likeness (QED) is 0.829. The lowest BCUT2D eigenvalue weighted by molar-refractivity contribution is 0.594. The molecule has 1 aromatic rings. The number of hydrogen-bond acceptors (Lipinski definition) is 4. The third-order valence-electron chi connectivity index (χ3n) is 2.28. The summed E-state index contributed by atoms with van der Waals surface area (Å²) in [7, 11) is 0. The van der Waals surface area contributed by atoms with Gasteiger partial charge in [-0.05, 0) is 24.4 Å². The van der Waals surface area contributed by atoms with Gasteiger partial charge >= 0.3 is 0 Å². The molecule has 0 fully saturated rings. The lowest BCUT2D eigenvalue weighted by Crippen LogP contribution is -2.09. The van der Waals surface area contributed by atoms with Crippen LogP contribution >= 0.6 is 11.5 Å². The van der Waals surface area contributed by atoms with Crippen LogP contribution in [0, 0.1) is 24.2 Å². The van der Waals surface area contributed by atoms with Gasteiger partial charge < -0.3 is 5.32 Å². The SMILES string of the molecule is CCC(C)CNc1snc(C)c1C#N. The van der Waals surface area contributed by atoms with E-state index in [2.05, 4.69) is 29.6 Å². The van der Waals surface area contributed by atoms with Gasteiger partial charge in [0, 0.05) is 6.54 Å². The molecule has 3 nitrogen and oxygen atoms in total. The van der Waals surface area contributed by atoms with Crippen LogP contribution < -0.4 is 5.32 Å². The lowest BCUT2D eigenvalue weighted by atomic mass is 10.1. The van der Waals surface area contributed by atoms with Crippen LogP contribution in [0.4, 0.5) is 5.00 Å². The zero-order valence-corrected chi connectivity index (χ0v) is 9.61. The maximum absolute atomic E-state index is 8.89. The van der Waals surface area contributed by atoms with Gasteiger partial charge in [-0.3, -0.25) is 0 Å². The predicted octanol–water partition coefficient (Wildman–Crippen LogP) is 2.78. The van der Waals surface area contributed by atoms with Crippen LogP contribution in [0.5, 0.6) is 0 Å². The van der Waals surface area contributed by atoms with Crippen LogP contribution in [0.2, 0.25) is 0 Å². The topological polar surface area (TPSA) is 48.7 Å². The average molecular weight is 209 g/mol. The molecule has 1 atom stereocenters. The minimum Gasteiger partial charge on any atom is -0.374 e. The molecule has 14 heavy (non-hydrogen) atoms. The number of anilines is 1. The molecule has 0 aliphatic carbocycles. The number of aromatic nitrogens is 1. The van der Waals surface area contributed by atoms with Gasteiger partial charge in [0.15, 0.2) is 0 Å². The molecule has 1 heterocycles. The van der Waals surface area contributed by atoms with E-state index in [0.29, 0.717) is 11.5 Å². The first-order valence-electron chi connectivity index (χ1n) is 4.79. The van der Waals surface area contributed by atoms with Crippen molar-refractivity contribution in [3.8, 4) is 6.07 Å². The maximum Gasteiger partial charge on any atom is 0.127 e. The van der Waals surface area contributed by atoms with Crippen molar-refractivity contribution in [3.63, 3.8) is 0 Å². The Balaban J connectivity index is 2.64. The van der Waals surface area contributed by atoms with Gasteiger partial charge in [-0.15, -0.1) is 0 Å². The van der Waals surface area contributed by atoms with Gasteiger partial charge in [0.1, 0.15) is 16.6 Å². The van der Waals surface area contributed by atoms with Crippen molar-refractivity contribution in [2.24, 2.45) is 5.92 Å². The zero-order valence-electron chi connectivity index (χ0n) is 8.79. The summed E-state index contributed by atoms with van der Waals surface area (Å²) in [4.78, 5) is 0. The Hall–Kier alpha value is -1.08. The monoisotopic (exact) mass is 209 g/mol. The van der Waals surface area contributed by atoms with Gasteiger partial charge in [0.25, 0.3) is 0 Å². The van der Waals surface area contributed by atoms with E-state index < -0.39 is 0 Å². The number of nitrogens with one attached hydrogen (secondary N) is 1. The van der Waals surface area contributed by atoms with E-state index >= 15 is 0 Å². The molecule has 1 N–H and O–H groups in total. The van der Waals surface area contributed by atoms with Crippen LogP contribution in [0.1, 0.15) is 31.5 Å². The Morgan fingerprint density at radius 1 is 1.64 bits per heavy atom. The average Bonchev–Trinajstić information content (AvgIpc) is 2.55. The fourth-order valence-corrected chi connectivity index (χ4v) is 1.79. The van der Waals surface area contributed by atoms with Crippen LogP contribution in [-0.4, -0.2) is 10.9 Å². The fourth-order valence-electron chi connectivity index (χ4n) is 1.03. The largest absolute Gasteiger partial charge is 0.374 e. The molecule has 1 rings (SSSR count). The molecular weight excluding hydrogens is 194 g/mol. The van der Waals surface area contributed by atoms with Crippen LogP contribution in [0.3, 0.4) is 0 Å². The highest BCUT2D eigenvalue weighted by molar-refractivity contribution is 7.10. The van der Waals surface area contributed by atoms with E-state index in [0.717, 1.165) is 23.7 Å². The zero-order chi connectivity index (χ0) is 10.6. The smallest absolute Gasteiger partial charge is 0.127 e. The standard InChI is InChI=1S/C10H15N3S/c1-4-7(2)6-12-10-9(5-11)8(3)13-14-10/h7,12H,4,6H2,1-3H3. The van der Waals surface area contributed by atoms with Gasteiger partial charge in [-0.1, -0.05) is 20.3 Å². The van der Waals surface area contributed by atoms with Crippen LogP contribution in [-0.2, 0) is 0 Å². The van der Waals surface area contributed by atoms with E-state index in [9.17, 15) is 0 Å². The van der Waals surface area contributed by atoms with Crippen molar-refractivity contribution in [2.75, 3.05) is 11.9 Å². The first-order chi connectivity index (χ1) is 6.69. The summed E-state index contributed by atoms with van der Waals surface area (Å²) >= 11 is 1.37. The van der Waals surface area contributed by atoms with Crippen molar-refractivity contribution in [1.29, 1.82) is 5.26 Å². The number of rotatable bonds is 4. The van der Waals surface area contributed by atoms with E-state index in [1.807, 2.05) is 6.92 Å². The number of nitriles is 1. The summed E-state index contributed by atoms with van der Waals surface area (Å²) in [5.41, 5.74) is 1.52. The Labute approximate surface area is 88.9 Å². The molecule has 0 radical (unpaired) electrons. The molecule has 1 unspecified atom stereocenters. The second kappa shape index (κ2) is 4.97. The van der Waals surface area contributed by atoms with Crippen molar-refractivity contribution >= 4 is 16.5 Å². The van der Waals surface area contributed by atoms with Crippen LogP contribution in [0.15, 0.2) is 0 Å². The normalized spacial score (nSPS) is 12.1. The predicted molar refractivity (Wildman–Crippen MR) is 59.5 cm³/mol. The van der Waals surface area contributed by atoms with E-state index in [-0.39, 0.29) is 0 Å². The van der Waals surface area contributed by atoms with Gasteiger partial charge in [-0.25, -0.2) is 0 Å². The molecule has 1 aromatic heterocycles. The second-order valence-corrected chi connectivity index (χ2v) is 4.25. The first kappa shape index (κ1) is 11.0.